The molecule has 3 aliphatic rings. The van der Waals surface area contributed by atoms with Gasteiger partial charge in [-0.2, -0.15) is 4.31 Å². The summed E-state index contributed by atoms with van der Waals surface area (Å²) in [7, 11) is -7.20. The average molecular weight is 414 g/mol. The van der Waals surface area contributed by atoms with E-state index in [4.69, 9.17) is 0 Å². The van der Waals surface area contributed by atoms with E-state index >= 15 is 0 Å². The summed E-state index contributed by atoms with van der Waals surface area (Å²) in [5, 5.41) is 0. The molecule has 1 aromatic carbocycles. The minimum absolute atomic E-state index is 0.0129. The normalized spacial score (nSPS) is 25.7. The fourth-order valence-corrected chi connectivity index (χ4v) is 7.23. The number of fused-ring (bicyclic) bond motifs is 1. The number of benzene rings is 1. The predicted molar refractivity (Wildman–Crippen MR) is 102 cm³/mol. The van der Waals surface area contributed by atoms with Crippen LogP contribution < -0.4 is 4.72 Å². The zero-order valence-electron chi connectivity index (χ0n) is 15.4. The monoisotopic (exact) mass is 413 g/mol. The second-order valence-corrected chi connectivity index (χ2v) is 11.4. The third-order valence-corrected chi connectivity index (χ3v) is 9.41. The molecule has 0 amide bonds. The number of sulfonamides is 2. The first-order valence-electron chi connectivity index (χ1n) is 9.73. The summed E-state index contributed by atoms with van der Waals surface area (Å²) in [6.07, 6.45) is 5.96. The highest BCUT2D eigenvalue weighted by atomic mass is 32.2. The summed E-state index contributed by atoms with van der Waals surface area (Å²) in [6, 6.07) is 5.93. The third kappa shape index (κ3) is 3.93. The molecule has 1 aliphatic carbocycles. The predicted octanol–water partition coefficient (Wildman–Crippen LogP) is 1.38. The van der Waals surface area contributed by atoms with Gasteiger partial charge in [0.05, 0.1) is 9.79 Å². The van der Waals surface area contributed by atoms with Crippen molar-refractivity contribution >= 4 is 20.0 Å². The molecule has 1 atom stereocenters. The lowest BCUT2D eigenvalue weighted by Crippen LogP contribution is -2.51. The van der Waals surface area contributed by atoms with E-state index in [9.17, 15) is 16.8 Å². The van der Waals surface area contributed by atoms with Gasteiger partial charge in [0.1, 0.15) is 0 Å². The molecule has 2 heterocycles. The van der Waals surface area contributed by atoms with Crippen LogP contribution in [0.15, 0.2) is 34.1 Å². The van der Waals surface area contributed by atoms with E-state index in [1.54, 1.807) is 4.31 Å². The molecule has 0 bridgehead atoms. The fourth-order valence-electron chi connectivity index (χ4n) is 4.45. The van der Waals surface area contributed by atoms with Crippen molar-refractivity contribution in [3.63, 3.8) is 0 Å². The summed E-state index contributed by atoms with van der Waals surface area (Å²) in [4.78, 5) is 2.64. The highest BCUT2D eigenvalue weighted by Crippen LogP contribution is 2.26. The fraction of sp³-hybridized carbons (Fsp3) is 0.667. The maximum absolute atomic E-state index is 13.0. The third-order valence-electron chi connectivity index (χ3n) is 6.00. The van der Waals surface area contributed by atoms with Crippen molar-refractivity contribution in [2.24, 2.45) is 0 Å². The number of hydrogen-bond donors (Lipinski definition) is 1. The van der Waals surface area contributed by atoms with Gasteiger partial charge in [0.25, 0.3) is 0 Å². The molecule has 3 fully saturated rings. The Morgan fingerprint density at radius 2 is 1.48 bits per heavy atom. The summed E-state index contributed by atoms with van der Waals surface area (Å²) in [6.45, 7) is 2.83. The minimum Gasteiger partial charge on any atom is -0.298 e. The Labute approximate surface area is 161 Å². The van der Waals surface area contributed by atoms with Crippen molar-refractivity contribution in [1.29, 1.82) is 0 Å². The molecule has 150 valence electrons. The summed E-state index contributed by atoms with van der Waals surface area (Å²) >= 11 is 0. The van der Waals surface area contributed by atoms with Gasteiger partial charge >= 0.3 is 0 Å². The molecule has 0 spiro atoms. The van der Waals surface area contributed by atoms with Crippen LogP contribution in [0.3, 0.4) is 0 Å². The van der Waals surface area contributed by atoms with Crippen LogP contribution in [0.2, 0.25) is 0 Å². The largest absolute Gasteiger partial charge is 0.298 e. The maximum atomic E-state index is 13.0. The standard InChI is InChI=1S/C18H27N3O4S2/c22-26(23,19-15-4-1-2-5-15)17-7-9-18(10-8-17)27(24,25)21-13-12-20-11-3-6-16(20)14-21/h7-10,15-16,19H,1-6,11-14H2. The van der Waals surface area contributed by atoms with Crippen molar-refractivity contribution in [1.82, 2.24) is 13.9 Å². The van der Waals surface area contributed by atoms with Gasteiger partial charge < -0.3 is 0 Å². The molecule has 7 nitrogen and oxygen atoms in total. The number of piperazine rings is 1. The molecule has 1 aromatic rings. The molecule has 2 aliphatic heterocycles. The van der Waals surface area contributed by atoms with Crippen LogP contribution in [0.1, 0.15) is 38.5 Å². The Hall–Kier alpha value is -1.00. The van der Waals surface area contributed by atoms with Crippen LogP contribution in [-0.4, -0.2) is 64.3 Å². The number of nitrogens with zero attached hydrogens (tertiary/aromatic N) is 2. The SMILES string of the molecule is O=S(=O)(NC1CCCC1)c1ccc(S(=O)(=O)N2CCN3CCCC3C2)cc1. The van der Waals surface area contributed by atoms with E-state index < -0.39 is 20.0 Å². The molecule has 4 rings (SSSR count). The molecule has 9 heteroatoms. The quantitative estimate of drug-likeness (QED) is 0.788. The van der Waals surface area contributed by atoms with Crippen LogP contribution in [0, 0.1) is 0 Å². The molecule has 27 heavy (non-hydrogen) atoms. The number of rotatable bonds is 5. The lowest BCUT2D eigenvalue weighted by Gasteiger charge is -2.36. The molecule has 0 aromatic heterocycles. The van der Waals surface area contributed by atoms with Crippen molar-refractivity contribution in [2.75, 3.05) is 26.2 Å². The second-order valence-electron chi connectivity index (χ2n) is 7.77. The first-order chi connectivity index (χ1) is 12.9. The number of nitrogens with one attached hydrogen (secondary N) is 1. The van der Waals surface area contributed by atoms with E-state index in [0.29, 0.717) is 19.1 Å². The Balaban J connectivity index is 1.49. The zero-order valence-corrected chi connectivity index (χ0v) is 17.0. The molecule has 1 saturated carbocycles. The lowest BCUT2D eigenvalue weighted by atomic mass is 10.2. The highest BCUT2D eigenvalue weighted by Gasteiger charge is 2.36. The molecule has 1 unspecified atom stereocenters. The van der Waals surface area contributed by atoms with Gasteiger partial charge in [0.15, 0.2) is 0 Å². The lowest BCUT2D eigenvalue weighted by molar-refractivity contribution is 0.158. The minimum atomic E-state index is -3.61. The van der Waals surface area contributed by atoms with Gasteiger partial charge in [-0.1, -0.05) is 12.8 Å². The van der Waals surface area contributed by atoms with Crippen LogP contribution in [0.5, 0.6) is 0 Å². The van der Waals surface area contributed by atoms with Crippen molar-refractivity contribution in [3.8, 4) is 0 Å². The van der Waals surface area contributed by atoms with Gasteiger partial charge in [-0.25, -0.2) is 21.6 Å². The van der Waals surface area contributed by atoms with Crippen LogP contribution >= 0.6 is 0 Å². The summed E-state index contributed by atoms with van der Waals surface area (Å²) < 4.78 is 55.2. The number of hydrogen-bond acceptors (Lipinski definition) is 5. The Kier molecular flexibility index (Phi) is 5.32. The summed E-state index contributed by atoms with van der Waals surface area (Å²) in [5.74, 6) is 0. The second kappa shape index (κ2) is 7.44. The molecule has 1 N–H and O–H groups in total. The van der Waals surface area contributed by atoms with E-state index in [2.05, 4.69) is 9.62 Å². The Morgan fingerprint density at radius 1 is 0.815 bits per heavy atom. The average Bonchev–Trinajstić information content (AvgIpc) is 3.32. The smallest absolute Gasteiger partial charge is 0.243 e. The van der Waals surface area contributed by atoms with Crippen LogP contribution in [-0.2, 0) is 20.0 Å². The highest BCUT2D eigenvalue weighted by molar-refractivity contribution is 7.89. The van der Waals surface area contributed by atoms with Gasteiger partial charge in [0, 0.05) is 31.7 Å². The summed E-state index contributed by atoms with van der Waals surface area (Å²) in [5.41, 5.74) is 0. The van der Waals surface area contributed by atoms with Gasteiger partial charge in [-0.15, -0.1) is 0 Å². The Morgan fingerprint density at radius 3 is 2.19 bits per heavy atom. The van der Waals surface area contributed by atoms with Crippen molar-refractivity contribution in [3.05, 3.63) is 24.3 Å². The van der Waals surface area contributed by atoms with Crippen molar-refractivity contribution < 1.29 is 16.8 Å². The maximum Gasteiger partial charge on any atom is 0.243 e. The molecule has 2 saturated heterocycles. The van der Waals surface area contributed by atoms with Crippen LogP contribution in [0.25, 0.3) is 0 Å². The van der Waals surface area contributed by atoms with Gasteiger partial charge in [-0.3, -0.25) is 4.90 Å². The van der Waals surface area contributed by atoms with E-state index in [1.807, 2.05) is 0 Å². The van der Waals surface area contributed by atoms with Gasteiger partial charge in [-0.05, 0) is 56.5 Å². The van der Waals surface area contributed by atoms with Gasteiger partial charge in [0.2, 0.25) is 20.0 Å². The van der Waals surface area contributed by atoms with E-state index in [-0.39, 0.29) is 15.8 Å². The Bertz CT molecular complexity index is 878. The first-order valence-corrected chi connectivity index (χ1v) is 12.7. The molecular weight excluding hydrogens is 386 g/mol. The molecule has 0 radical (unpaired) electrons. The van der Waals surface area contributed by atoms with E-state index in [0.717, 1.165) is 51.6 Å². The molecular formula is C18H27N3O4S2. The van der Waals surface area contributed by atoms with E-state index in [1.165, 1.54) is 24.3 Å². The topological polar surface area (TPSA) is 86.8 Å². The zero-order chi connectivity index (χ0) is 19.1. The van der Waals surface area contributed by atoms with Crippen LogP contribution in [0.4, 0.5) is 0 Å². The first kappa shape index (κ1) is 19.3. The van der Waals surface area contributed by atoms with Crippen molar-refractivity contribution in [2.45, 2.75) is 60.4 Å².